The molecule has 0 radical (unpaired) electrons. The molecule has 2 N–H and O–H groups in total. The number of aryl methyl sites for hydroxylation is 1. The molecule has 2 aliphatic heterocycles. The summed E-state index contributed by atoms with van der Waals surface area (Å²) in [6.07, 6.45) is -2.39. The van der Waals surface area contributed by atoms with Crippen molar-refractivity contribution in [2.24, 2.45) is 0 Å². The van der Waals surface area contributed by atoms with Gasteiger partial charge in [0.2, 0.25) is 5.95 Å². The lowest BCUT2D eigenvalue weighted by atomic mass is 10.2. The average molecular weight is 640 g/mol. The molecule has 15 heteroatoms. The topological polar surface area (TPSA) is 95.5 Å². The summed E-state index contributed by atoms with van der Waals surface area (Å²) < 4.78 is 47.6. The summed E-state index contributed by atoms with van der Waals surface area (Å²) in [6.45, 7) is 4.24. The molecule has 2 aliphatic rings. The molecule has 42 heavy (non-hydrogen) atoms. The number of thiophene rings is 1. The smallest absolute Gasteiger partial charge is 0.377 e. The number of ether oxygens (including phenoxy) is 1. The second-order valence-electron chi connectivity index (χ2n) is 10.0. The van der Waals surface area contributed by atoms with E-state index in [2.05, 4.69) is 34.7 Å². The number of thioether (sulfide) groups is 1. The Balaban J connectivity index is 1.45. The number of fused-ring (bicyclic) bond motifs is 1. The van der Waals surface area contributed by atoms with E-state index in [1.807, 2.05) is 33.2 Å². The molecule has 1 amide bonds. The fraction of sp³-hybridized carbons (Fsp3) is 0.481. The number of aromatic nitrogens is 3. The Morgan fingerprint density at radius 2 is 2.07 bits per heavy atom. The minimum Gasteiger partial charge on any atom is -0.377 e. The normalized spacial score (nSPS) is 16.5. The summed E-state index contributed by atoms with van der Waals surface area (Å²) in [5.41, 5.74) is 0.136. The Morgan fingerprint density at radius 3 is 2.71 bits per heavy atom. The Kier molecular flexibility index (Phi) is 9.58. The number of amides is 1. The van der Waals surface area contributed by atoms with E-state index in [0.717, 1.165) is 41.8 Å². The van der Waals surface area contributed by atoms with Gasteiger partial charge in [-0.2, -0.15) is 13.2 Å². The number of pyridine rings is 1. The van der Waals surface area contributed by atoms with Crippen molar-refractivity contribution < 1.29 is 22.7 Å². The Labute approximate surface area is 253 Å². The van der Waals surface area contributed by atoms with Crippen molar-refractivity contribution in [1.82, 2.24) is 25.2 Å². The van der Waals surface area contributed by atoms with E-state index in [-0.39, 0.29) is 34.5 Å². The van der Waals surface area contributed by atoms with Gasteiger partial charge in [0.25, 0.3) is 5.91 Å². The lowest BCUT2D eigenvalue weighted by molar-refractivity contribution is -0.137. The maximum atomic E-state index is 14.1. The standard InChI is InChI=1S/C27H33F3N7O2PS2/c1-4-18-19(5-6-22(33-18)36(3)11-15(14-40)31-2)34-26-32-10-17(27(28,29)30)23(35-26)20-9-21-24(42-20)25(38)37(7-8-41-21)16-12-39-13-16/h5-6,9-10,15-16,31H,4,7-8,11-14,40H2,1-3H3,(H,32,34,35). The Bertz CT molecular complexity index is 1430. The number of carbonyl (C=O) groups is 1. The van der Waals surface area contributed by atoms with Crippen LogP contribution in [0.15, 0.2) is 29.3 Å². The van der Waals surface area contributed by atoms with Crippen LogP contribution in [0.4, 0.5) is 30.6 Å². The molecule has 9 nitrogen and oxygen atoms in total. The van der Waals surface area contributed by atoms with Gasteiger partial charge in [0.05, 0.1) is 41.2 Å². The molecule has 0 spiro atoms. The molecule has 226 valence electrons. The van der Waals surface area contributed by atoms with Gasteiger partial charge in [0, 0.05) is 43.0 Å². The van der Waals surface area contributed by atoms with Crippen LogP contribution < -0.4 is 15.5 Å². The quantitative estimate of drug-likeness (QED) is 0.304. The van der Waals surface area contributed by atoms with Crippen molar-refractivity contribution in [2.75, 3.05) is 62.5 Å². The first-order chi connectivity index (χ1) is 20.1. The van der Waals surface area contributed by atoms with Crippen LogP contribution in [0.25, 0.3) is 10.6 Å². The molecule has 2 unspecified atom stereocenters. The van der Waals surface area contributed by atoms with Gasteiger partial charge in [-0.1, -0.05) is 6.92 Å². The van der Waals surface area contributed by atoms with Gasteiger partial charge in [-0.15, -0.1) is 32.3 Å². The summed E-state index contributed by atoms with van der Waals surface area (Å²) in [7, 11) is 6.62. The van der Waals surface area contributed by atoms with Gasteiger partial charge in [-0.3, -0.25) is 4.79 Å². The molecular weight excluding hydrogens is 606 g/mol. The predicted molar refractivity (Wildman–Crippen MR) is 164 cm³/mol. The number of alkyl halides is 3. The minimum atomic E-state index is -4.67. The summed E-state index contributed by atoms with van der Waals surface area (Å²) in [4.78, 5) is 31.6. The third kappa shape index (κ3) is 6.52. The van der Waals surface area contributed by atoms with Gasteiger partial charge in [-0.25, -0.2) is 15.0 Å². The number of nitrogens with zero attached hydrogens (tertiary/aromatic N) is 5. The lowest BCUT2D eigenvalue weighted by Crippen LogP contribution is -2.52. The summed E-state index contributed by atoms with van der Waals surface area (Å²) in [6, 6.07) is 5.62. The number of hydrogen-bond donors (Lipinski definition) is 2. The van der Waals surface area contributed by atoms with Crippen molar-refractivity contribution in [3.8, 4) is 10.6 Å². The largest absolute Gasteiger partial charge is 0.420 e. The summed E-state index contributed by atoms with van der Waals surface area (Å²) in [5.74, 6) is 1.28. The van der Waals surface area contributed by atoms with Crippen molar-refractivity contribution in [1.29, 1.82) is 0 Å². The summed E-state index contributed by atoms with van der Waals surface area (Å²) in [5, 5.41) is 6.35. The molecule has 2 atom stereocenters. The molecular formula is C27H33F3N7O2PS2. The number of anilines is 3. The maximum Gasteiger partial charge on any atom is 0.420 e. The number of halogens is 3. The van der Waals surface area contributed by atoms with Gasteiger partial charge in [-0.05, 0) is 37.8 Å². The number of likely N-dealkylation sites (N-methyl/N-ethyl adjacent to an activating group) is 2. The number of nitrogens with one attached hydrogen (secondary N) is 2. The zero-order valence-corrected chi connectivity index (χ0v) is 26.3. The highest BCUT2D eigenvalue weighted by Crippen LogP contribution is 2.43. The van der Waals surface area contributed by atoms with Crippen LogP contribution in [0.1, 0.15) is 27.9 Å². The molecule has 0 bridgehead atoms. The highest BCUT2D eigenvalue weighted by Gasteiger charge is 2.38. The highest BCUT2D eigenvalue weighted by atomic mass is 32.2. The van der Waals surface area contributed by atoms with Crippen LogP contribution in [-0.4, -0.2) is 90.2 Å². The van der Waals surface area contributed by atoms with Crippen LogP contribution in [0, 0.1) is 0 Å². The number of hydrogen-bond acceptors (Lipinski definition) is 10. The molecule has 5 heterocycles. The van der Waals surface area contributed by atoms with Gasteiger partial charge >= 0.3 is 6.18 Å². The second kappa shape index (κ2) is 13.0. The first kappa shape index (κ1) is 30.9. The predicted octanol–water partition coefficient (Wildman–Crippen LogP) is 4.77. The SMILES string of the molecule is CCc1nc(N(C)CC(CP)NC)ccc1Nc1ncc(C(F)(F)F)c(-c2cc3c(s2)C(=O)N(C2COC2)CCS3)n1. The Morgan fingerprint density at radius 1 is 1.29 bits per heavy atom. The highest BCUT2D eigenvalue weighted by molar-refractivity contribution is 7.99. The molecule has 1 saturated heterocycles. The van der Waals surface area contributed by atoms with E-state index in [9.17, 15) is 18.0 Å². The second-order valence-corrected chi connectivity index (χ2v) is 12.7. The first-order valence-corrected chi connectivity index (χ1v) is 16.2. The van der Waals surface area contributed by atoms with Crippen LogP contribution in [0.3, 0.4) is 0 Å². The molecule has 0 saturated carbocycles. The zero-order valence-electron chi connectivity index (χ0n) is 23.5. The van der Waals surface area contributed by atoms with Crippen LogP contribution in [0.5, 0.6) is 0 Å². The van der Waals surface area contributed by atoms with E-state index in [0.29, 0.717) is 47.4 Å². The monoisotopic (exact) mass is 639 g/mol. The molecule has 5 rings (SSSR count). The first-order valence-electron chi connectivity index (χ1n) is 13.6. The number of rotatable bonds is 10. The van der Waals surface area contributed by atoms with Crippen molar-refractivity contribution >= 4 is 55.7 Å². The summed E-state index contributed by atoms with van der Waals surface area (Å²) >= 11 is 2.51. The van der Waals surface area contributed by atoms with Crippen LogP contribution in [-0.2, 0) is 17.3 Å². The number of carbonyl (C=O) groups excluding carboxylic acids is 1. The van der Waals surface area contributed by atoms with E-state index >= 15 is 0 Å². The van der Waals surface area contributed by atoms with E-state index in [1.54, 1.807) is 11.0 Å². The van der Waals surface area contributed by atoms with Gasteiger partial charge in [0.15, 0.2) is 0 Å². The molecule has 0 aliphatic carbocycles. The van der Waals surface area contributed by atoms with E-state index in [4.69, 9.17) is 9.72 Å². The van der Waals surface area contributed by atoms with Gasteiger partial charge < -0.3 is 25.2 Å². The maximum absolute atomic E-state index is 14.1. The van der Waals surface area contributed by atoms with Crippen molar-refractivity contribution in [2.45, 2.75) is 36.5 Å². The zero-order chi connectivity index (χ0) is 30.0. The van der Waals surface area contributed by atoms with Gasteiger partial charge in [0.1, 0.15) is 16.3 Å². The Hall–Kier alpha value is -2.51. The lowest BCUT2D eigenvalue weighted by Gasteiger charge is -2.36. The molecule has 0 aromatic carbocycles. The minimum absolute atomic E-state index is 0.00174. The fourth-order valence-electron chi connectivity index (χ4n) is 4.74. The third-order valence-corrected chi connectivity index (χ3v) is 10.1. The fourth-order valence-corrected chi connectivity index (χ4v) is 7.44. The van der Waals surface area contributed by atoms with Crippen LogP contribution in [0.2, 0.25) is 0 Å². The third-order valence-electron chi connectivity index (χ3n) is 7.25. The molecule has 3 aromatic heterocycles. The van der Waals surface area contributed by atoms with Crippen LogP contribution >= 0.6 is 32.3 Å². The van der Waals surface area contributed by atoms with E-state index in [1.165, 1.54) is 11.8 Å². The average Bonchev–Trinajstić information content (AvgIpc) is 3.31. The molecule has 3 aromatic rings. The molecule has 1 fully saturated rings. The van der Waals surface area contributed by atoms with Crippen molar-refractivity contribution in [3.63, 3.8) is 0 Å². The van der Waals surface area contributed by atoms with E-state index < -0.39 is 11.7 Å². The van der Waals surface area contributed by atoms with Crippen molar-refractivity contribution in [3.05, 3.63) is 40.5 Å².